The average Bonchev–Trinajstić information content (AvgIpc) is 2.73. The molecule has 3 rings (SSSR count). The molecule has 0 spiro atoms. The molecule has 9 nitrogen and oxygen atoms in total. The number of nitro groups is 1. The minimum absolute atomic E-state index is 0.0622. The Balaban J connectivity index is 1.80. The van der Waals surface area contributed by atoms with Gasteiger partial charge in [-0.25, -0.2) is 4.98 Å². The first-order valence-electron chi connectivity index (χ1n) is 9.17. The van der Waals surface area contributed by atoms with Gasteiger partial charge in [0.15, 0.2) is 0 Å². The van der Waals surface area contributed by atoms with E-state index >= 15 is 0 Å². The topological polar surface area (TPSA) is 109 Å². The van der Waals surface area contributed by atoms with Crippen LogP contribution in [0.1, 0.15) is 5.56 Å². The summed E-state index contributed by atoms with van der Waals surface area (Å²) in [6, 6.07) is 14.0. The molecule has 0 aliphatic carbocycles. The van der Waals surface area contributed by atoms with Gasteiger partial charge in [0.25, 0.3) is 5.69 Å². The number of rotatable bonds is 9. The van der Waals surface area contributed by atoms with E-state index in [1.54, 1.807) is 18.3 Å². The summed E-state index contributed by atoms with van der Waals surface area (Å²) in [7, 11) is 4.00. The first-order valence-corrected chi connectivity index (χ1v) is 9.17. The molecule has 0 fully saturated rings. The maximum absolute atomic E-state index is 11.0. The van der Waals surface area contributed by atoms with Crippen molar-refractivity contribution in [3.05, 3.63) is 70.4 Å². The largest absolute Gasteiger partial charge is 0.366 e. The fourth-order valence-corrected chi connectivity index (χ4v) is 2.63. The molecule has 0 bridgehead atoms. The van der Waals surface area contributed by atoms with Gasteiger partial charge in [0.2, 0.25) is 5.95 Å². The molecule has 9 heteroatoms. The number of nitrogens with zero attached hydrogens (tertiary/aromatic N) is 5. The van der Waals surface area contributed by atoms with E-state index in [1.165, 1.54) is 6.07 Å². The van der Waals surface area contributed by atoms with Crippen LogP contribution in [0.15, 0.2) is 54.7 Å². The first-order chi connectivity index (χ1) is 14.0. The zero-order valence-corrected chi connectivity index (χ0v) is 16.4. The Bertz CT molecular complexity index is 964. The van der Waals surface area contributed by atoms with E-state index in [-0.39, 0.29) is 5.69 Å². The van der Waals surface area contributed by atoms with Crippen LogP contribution in [0.25, 0.3) is 11.4 Å². The van der Waals surface area contributed by atoms with Crippen LogP contribution < -0.4 is 10.6 Å². The molecule has 0 unspecified atom stereocenters. The van der Waals surface area contributed by atoms with Crippen LogP contribution >= 0.6 is 0 Å². The van der Waals surface area contributed by atoms with Gasteiger partial charge >= 0.3 is 0 Å². The predicted octanol–water partition coefficient (Wildman–Crippen LogP) is 3.03. The van der Waals surface area contributed by atoms with Crippen molar-refractivity contribution in [1.82, 2.24) is 19.9 Å². The Labute approximate surface area is 169 Å². The quantitative estimate of drug-likeness (QED) is 0.422. The van der Waals surface area contributed by atoms with E-state index < -0.39 is 4.92 Å². The Morgan fingerprint density at radius 2 is 1.90 bits per heavy atom. The molecule has 150 valence electrons. The molecule has 0 amide bonds. The minimum Gasteiger partial charge on any atom is -0.366 e. The molecule has 0 aliphatic heterocycles. The number of non-ortho nitro benzene ring substituents is 1. The van der Waals surface area contributed by atoms with Crippen molar-refractivity contribution in [2.45, 2.75) is 6.54 Å². The highest BCUT2D eigenvalue weighted by molar-refractivity contribution is 5.61. The minimum atomic E-state index is -0.403. The van der Waals surface area contributed by atoms with E-state index in [0.717, 1.165) is 17.8 Å². The van der Waals surface area contributed by atoms with Gasteiger partial charge in [-0.05, 0) is 31.8 Å². The lowest BCUT2D eigenvalue weighted by atomic mass is 10.2. The molecule has 1 aromatic carbocycles. The van der Waals surface area contributed by atoms with Crippen molar-refractivity contribution in [2.24, 2.45) is 0 Å². The molecule has 2 heterocycles. The molecule has 2 N–H and O–H groups in total. The Morgan fingerprint density at radius 1 is 1.03 bits per heavy atom. The van der Waals surface area contributed by atoms with Crippen molar-refractivity contribution in [3.63, 3.8) is 0 Å². The van der Waals surface area contributed by atoms with E-state index in [2.05, 4.69) is 30.5 Å². The SMILES string of the molecule is CN(C)CCNc1nc(NCc2cccc([N+](=O)[O-])c2)cc(-c2ccccn2)n1. The highest BCUT2D eigenvalue weighted by atomic mass is 16.6. The van der Waals surface area contributed by atoms with Crippen molar-refractivity contribution in [1.29, 1.82) is 0 Å². The number of likely N-dealkylation sites (N-methyl/N-ethyl adjacent to an activating group) is 1. The van der Waals surface area contributed by atoms with Gasteiger partial charge in [-0.15, -0.1) is 0 Å². The van der Waals surface area contributed by atoms with E-state index in [0.29, 0.717) is 30.5 Å². The summed E-state index contributed by atoms with van der Waals surface area (Å²) in [5.74, 6) is 1.11. The van der Waals surface area contributed by atoms with E-state index in [4.69, 9.17) is 0 Å². The molecule has 0 atom stereocenters. The molecular formula is C20H23N7O2. The number of anilines is 2. The third kappa shape index (κ3) is 5.94. The molecule has 0 aliphatic rings. The van der Waals surface area contributed by atoms with Gasteiger partial charge in [0, 0.05) is 44.0 Å². The molecular weight excluding hydrogens is 370 g/mol. The van der Waals surface area contributed by atoms with Crippen molar-refractivity contribution < 1.29 is 4.92 Å². The Kier molecular flexibility index (Phi) is 6.64. The maximum atomic E-state index is 11.0. The standard InChI is InChI=1S/C20H23N7O2/c1-26(2)11-10-22-20-24-18(17-8-3-4-9-21-17)13-19(25-20)23-14-15-6-5-7-16(12-15)27(28)29/h3-9,12-13H,10-11,14H2,1-2H3,(H2,22,23,24,25). The Morgan fingerprint density at radius 3 is 2.62 bits per heavy atom. The number of hydrogen-bond donors (Lipinski definition) is 2. The van der Waals surface area contributed by atoms with Gasteiger partial charge in [-0.3, -0.25) is 15.1 Å². The summed E-state index contributed by atoms with van der Waals surface area (Å²) in [6.07, 6.45) is 1.72. The monoisotopic (exact) mass is 393 g/mol. The highest BCUT2D eigenvalue weighted by Gasteiger charge is 2.09. The van der Waals surface area contributed by atoms with Crippen molar-refractivity contribution in [2.75, 3.05) is 37.8 Å². The summed E-state index contributed by atoms with van der Waals surface area (Å²) in [4.78, 5) is 26.1. The predicted molar refractivity (Wildman–Crippen MR) is 113 cm³/mol. The lowest BCUT2D eigenvalue weighted by molar-refractivity contribution is -0.384. The third-order valence-corrected chi connectivity index (χ3v) is 4.09. The molecule has 0 saturated carbocycles. The van der Waals surface area contributed by atoms with Crippen LogP contribution in [-0.2, 0) is 6.54 Å². The second-order valence-electron chi connectivity index (χ2n) is 6.69. The van der Waals surface area contributed by atoms with Crippen LogP contribution in [-0.4, -0.2) is 52.0 Å². The van der Waals surface area contributed by atoms with Gasteiger partial charge in [-0.1, -0.05) is 18.2 Å². The summed E-state index contributed by atoms with van der Waals surface area (Å²) in [6.45, 7) is 1.94. The fourth-order valence-electron chi connectivity index (χ4n) is 2.63. The first kappa shape index (κ1) is 20.2. The smallest absolute Gasteiger partial charge is 0.269 e. The van der Waals surface area contributed by atoms with Gasteiger partial charge in [0.05, 0.1) is 16.3 Å². The number of aromatic nitrogens is 3. The van der Waals surface area contributed by atoms with Gasteiger partial charge in [-0.2, -0.15) is 4.98 Å². The maximum Gasteiger partial charge on any atom is 0.269 e. The molecule has 2 aromatic heterocycles. The van der Waals surface area contributed by atoms with Gasteiger partial charge in [0.1, 0.15) is 5.82 Å². The summed E-state index contributed by atoms with van der Waals surface area (Å²) < 4.78 is 0. The second-order valence-corrected chi connectivity index (χ2v) is 6.69. The number of pyridine rings is 1. The fraction of sp³-hybridized carbons (Fsp3) is 0.250. The lowest BCUT2D eigenvalue weighted by Gasteiger charge is -2.13. The summed E-state index contributed by atoms with van der Waals surface area (Å²) in [5, 5.41) is 17.4. The van der Waals surface area contributed by atoms with Crippen LogP contribution in [0.4, 0.5) is 17.5 Å². The van der Waals surface area contributed by atoms with E-state index in [9.17, 15) is 10.1 Å². The van der Waals surface area contributed by atoms with Crippen LogP contribution in [0, 0.1) is 10.1 Å². The van der Waals surface area contributed by atoms with Crippen LogP contribution in [0.5, 0.6) is 0 Å². The molecule has 0 radical (unpaired) electrons. The lowest BCUT2D eigenvalue weighted by Crippen LogP contribution is -2.21. The Hall–Kier alpha value is -3.59. The molecule has 0 saturated heterocycles. The average molecular weight is 393 g/mol. The molecule has 3 aromatic rings. The normalized spacial score (nSPS) is 10.7. The van der Waals surface area contributed by atoms with Crippen LogP contribution in [0.3, 0.4) is 0 Å². The second kappa shape index (κ2) is 9.56. The van der Waals surface area contributed by atoms with Gasteiger partial charge < -0.3 is 15.5 Å². The van der Waals surface area contributed by atoms with Crippen LogP contribution in [0.2, 0.25) is 0 Å². The number of benzene rings is 1. The van der Waals surface area contributed by atoms with Crippen molar-refractivity contribution >= 4 is 17.5 Å². The summed E-state index contributed by atoms with van der Waals surface area (Å²) in [5.41, 5.74) is 2.28. The molecule has 29 heavy (non-hydrogen) atoms. The number of nitrogens with one attached hydrogen (secondary N) is 2. The zero-order chi connectivity index (χ0) is 20.6. The zero-order valence-electron chi connectivity index (χ0n) is 16.4. The third-order valence-electron chi connectivity index (χ3n) is 4.09. The van der Waals surface area contributed by atoms with Crippen molar-refractivity contribution in [3.8, 4) is 11.4 Å². The number of hydrogen-bond acceptors (Lipinski definition) is 8. The highest BCUT2D eigenvalue weighted by Crippen LogP contribution is 2.20. The van der Waals surface area contributed by atoms with E-state index in [1.807, 2.05) is 44.4 Å². The summed E-state index contributed by atoms with van der Waals surface area (Å²) >= 11 is 0. The number of nitro benzene ring substituents is 1.